The minimum Gasteiger partial charge on any atom is -0.449 e. The van der Waals surface area contributed by atoms with Crippen LogP contribution in [0.15, 0.2) is 77.7 Å². The maximum Gasteiger partial charge on any atom is 0.316 e. The average Bonchev–Trinajstić information content (AvgIpc) is 2.95. The lowest BCUT2D eigenvalue weighted by Crippen LogP contribution is -2.48. The van der Waals surface area contributed by atoms with E-state index >= 15 is 0 Å². The molecule has 1 aromatic heterocycles. The van der Waals surface area contributed by atoms with Crippen LogP contribution in [0.25, 0.3) is 16.8 Å². The normalized spacial score (nSPS) is 14.3. The highest BCUT2D eigenvalue weighted by molar-refractivity contribution is 7.88. The molecule has 0 aliphatic carbocycles. The molecular weight excluding hydrogens is 557 g/mol. The highest BCUT2D eigenvalue weighted by atomic mass is 35.5. The summed E-state index contributed by atoms with van der Waals surface area (Å²) in [7, 11) is -3.32. The number of ether oxygens (including phenoxy) is 1. The number of hydrogen-bond donors (Lipinski definition) is 1. The van der Waals surface area contributed by atoms with E-state index in [4.69, 9.17) is 16.3 Å². The van der Waals surface area contributed by atoms with Crippen LogP contribution in [0.1, 0.15) is 5.56 Å². The summed E-state index contributed by atoms with van der Waals surface area (Å²) in [6, 6.07) is 18.7. The fraction of sp³-hybridized carbons (Fsp3) is 0.214. The van der Waals surface area contributed by atoms with Gasteiger partial charge in [0, 0.05) is 36.8 Å². The van der Waals surface area contributed by atoms with Crippen molar-refractivity contribution in [1.82, 2.24) is 14.1 Å². The first-order chi connectivity index (χ1) is 19.1. The van der Waals surface area contributed by atoms with E-state index in [-0.39, 0.29) is 24.7 Å². The highest BCUT2D eigenvalue weighted by Crippen LogP contribution is 2.32. The molecule has 1 aliphatic rings. The quantitative estimate of drug-likeness (QED) is 0.357. The van der Waals surface area contributed by atoms with Crippen molar-refractivity contribution in [2.45, 2.75) is 6.54 Å². The molecule has 2 heterocycles. The van der Waals surface area contributed by atoms with Gasteiger partial charge in [0.25, 0.3) is 0 Å². The van der Waals surface area contributed by atoms with E-state index in [1.807, 2.05) is 17.0 Å². The molecule has 0 radical (unpaired) electrons. The third kappa shape index (κ3) is 5.87. The minimum atomic E-state index is -3.32. The number of hydrogen-bond acceptors (Lipinski definition) is 6. The summed E-state index contributed by atoms with van der Waals surface area (Å²) in [6.07, 6.45) is 2.73. The van der Waals surface area contributed by atoms with Crippen LogP contribution < -0.4 is 20.9 Å². The summed E-state index contributed by atoms with van der Waals surface area (Å²) >= 11 is 6.02. The molecule has 4 aromatic rings. The van der Waals surface area contributed by atoms with Gasteiger partial charge in [-0.3, -0.25) is 4.79 Å². The molecule has 0 unspecified atom stereocenters. The van der Waals surface area contributed by atoms with Gasteiger partial charge in [-0.2, -0.15) is 14.1 Å². The average molecular weight is 585 g/mol. The van der Waals surface area contributed by atoms with Crippen LogP contribution in [0, 0.1) is 5.82 Å². The van der Waals surface area contributed by atoms with E-state index < -0.39 is 15.6 Å². The van der Waals surface area contributed by atoms with Gasteiger partial charge in [-0.1, -0.05) is 29.8 Å². The Morgan fingerprint density at radius 1 is 0.975 bits per heavy atom. The van der Waals surface area contributed by atoms with E-state index in [1.165, 1.54) is 21.3 Å². The molecule has 1 saturated heterocycles. The van der Waals surface area contributed by atoms with Crippen molar-refractivity contribution in [3.63, 3.8) is 0 Å². The maximum absolute atomic E-state index is 13.9. The van der Waals surface area contributed by atoms with E-state index in [0.29, 0.717) is 47.3 Å². The van der Waals surface area contributed by atoms with Crippen LogP contribution in [-0.2, 0) is 16.6 Å². The zero-order chi connectivity index (χ0) is 28.4. The van der Waals surface area contributed by atoms with E-state index in [1.54, 1.807) is 54.7 Å². The number of aromatic nitrogens is 2. The van der Waals surface area contributed by atoms with Crippen LogP contribution in [-0.4, -0.2) is 54.9 Å². The highest BCUT2D eigenvalue weighted by Gasteiger charge is 2.27. The lowest BCUT2D eigenvalue weighted by Gasteiger charge is -2.35. The van der Waals surface area contributed by atoms with Crippen molar-refractivity contribution in [3.05, 3.63) is 99.7 Å². The minimum absolute atomic E-state index is 0.0617. The Kier molecular flexibility index (Phi) is 7.90. The second kappa shape index (κ2) is 11.4. The van der Waals surface area contributed by atoms with Crippen molar-refractivity contribution in [2.24, 2.45) is 0 Å². The van der Waals surface area contributed by atoms with Gasteiger partial charge >= 0.3 is 5.56 Å². The van der Waals surface area contributed by atoms with E-state index in [9.17, 15) is 17.6 Å². The Morgan fingerprint density at radius 3 is 2.25 bits per heavy atom. The molecular formula is C28H28ClFN5O4S+. The molecule has 0 saturated carbocycles. The van der Waals surface area contributed by atoms with Crippen molar-refractivity contribution < 1.29 is 23.3 Å². The molecule has 3 N–H and O–H groups in total. The van der Waals surface area contributed by atoms with Gasteiger partial charge in [-0.15, -0.1) is 0 Å². The molecule has 5 rings (SSSR count). The predicted molar refractivity (Wildman–Crippen MR) is 152 cm³/mol. The van der Waals surface area contributed by atoms with Gasteiger partial charge in [0.1, 0.15) is 23.8 Å². The molecule has 0 bridgehead atoms. The molecule has 208 valence electrons. The summed E-state index contributed by atoms with van der Waals surface area (Å²) < 4.78 is 46.7. The molecule has 9 nitrogen and oxygen atoms in total. The van der Waals surface area contributed by atoms with Crippen LogP contribution >= 0.6 is 11.6 Å². The zero-order valence-corrected chi connectivity index (χ0v) is 23.3. The lowest BCUT2D eigenvalue weighted by atomic mass is 10.0. The first-order valence-electron chi connectivity index (χ1n) is 12.6. The van der Waals surface area contributed by atoms with Crippen molar-refractivity contribution >= 4 is 27.3 Å². The van der Waals surface area contributed by atoms with E-state index in [0.717, 1.165) is 11.1 Å². The van der Waals surface area contributed by atoms with Gasteiger partial charge in [0.2, 0.25) is 15.8 Å². The maximum atomic E-state index is 13.9. The SMILES string of the molecule is CS(=O)(=O)N1CCN(c2cnn(-c3ccc(Cl)cc3)c(=O)c2Oc2ccc(-c3ccc(F)c(C[NH3+])c3)cc2)CC1. The van der Waals surface area contributed by atoms with Gasteiger partial charge in [-0.05, 0) is 59.7 Å². The lowest BCUT2D eigenvalue weighted by molar-refractivity contribution is -0.386. The van der Waals surface area contributed by atoms with Crippen molar-refractivity contribution in [1.29, 1.82) is 0 Å². The number of sulfonamides is 1. The predicted octanol–water partition coefficient (Wildman–Crippen LogP) is 3.31. The molecule has 0 atom stereocenters. The zero-order valence-electron chi connectivity index (χ0n) is 21.8. The summed E-state index contributed by atoms with van der Waals surface area (Å²) in [5.74, 6) is 0.190. The first-order valence-corrected chi connectivity index (χ1v) is 14.8. The third-order valence-corrected chi connectivity index (χ3v) is 8.31. The van der Waals surface area contributed by atoms with Crippen molar-refractivity contribution in [3.8, 4) is 28.3 Å². The number of halogens is 2. The summed E-state index contributed by atoms with van der Waals surface area (Å²) in [6.45, 7) is 1.63. The number of anilines is 1. The number of rotatable bonds is 7. The summed E-state index contributed by atoms with van der Waals surface area (Å²) in [5.41, 5.74) is 6.49. The standard InChI is InChI=1S/C28H27ClFN5O4S/c1-40(37,38)34-14-12-33(13-15-34)26-18-32-35(23-7-5-22(29)6-8-23)28(36)27(26)39-24-9-2-19(3-10-24)20-4-11-25(30)21(16-20)17-31/h2-11,16,18H,12-15,17,31H2,1H3/p+1. The molecule has 0 amide bonds. The Morgan fingerprint density at radius 2 is 1.62 bits per heavy atom. The second-order valence-corrected chi connectivity index (χ2v) is 11.8. The third-order valence-electron chi connectivity index (χ3n) is 6.76. The Balaban J connectivity index is 1.49. The summed E-state index contributed by atoms with van der Waals surface area (Å²) in [5, 5.41) is 4.90. The number of piperazine rings is 1. The molecule has 40 heavy (non-hydrogen) atoms. The Labute approximate surface area is 236 Å². The topological polar surface area (TPSA) is 112 Å². The number of nitrogens with zero attached hydrogens (tertiary/aromatic N) is 4. The molecule has 0 spiro atoms. The second-order valence-electron chi connectivity index (χ2n) is 9.38. The van der Waals surface area contributed by atoms with Gasteiger partial charge in [0.15, 0.2) is 0 Å². The fourth-order valence-electron chi connectivity index (χ4n) is 4.56. The molecule has 3 aromatic carbocycles. The number of quaternary nitrogens is 1. The van der Waals surface area contributed by atoms with Gasteiger partial charge in [0.05, 0.1) is 18.1 Å². The smallest absolute Gasteiger partial charge is 0.316 e. The molecule has 1 aliphatic heterocycles. The largest absolute Gasteiger partial charge is 0.449 e. The van der Waals surface area contributed by atoms with Crippen molar-refractivity contribution in [2.75, 3.05) is 37.3 Å². The molecule has 1 fully saturated rings. The summed E-state index contributed by atoms with van der Waals surface area (Å²) in [4.78, 5) is 15.6. The van der Waals surface area contributed by atoms with Crippen LogP contribution in [0.5, 0.6) is 11.5 Å². The molecule has 12 heteroatoms. The van der Waals surface area contributed by atoms with Crippen LogP contribution in [0.4, 0.5) is 10.1 Å². The van der Waals surface area contributed by atoms with E-state index in [2.05, 4.69) is 10.8 Å². The van der Waals surface area contributed by atoms with Gasteiger partial charge in [-0.25, -0.2) is 12.8 Å². The number of benzene rings is 3. The Bertz CT molecular complexity index is 1690. The van der Waals surface area contributed by atoms with Crippen LogP contribution in [0.2, 0.25) is 5.02 Å². The van der Waals surface area contributed by atoms with Gasteiger partial charge < -0.3 is 15.4 Å². The van der Waals surface area contributed by atoms with Crippen LogP contribution in [0.3, 0.4) is 0 Å². The Hall–Kier alpha value is -3.77. The first kappa shape index (κ1) is 27.8. The fourth-order valence-corrected chi connectivity index (χ4v) is 5.51. The monoisotopic (exact) mass is 584 g/mol.